The van der Waals surface area contributed by atoms with Gasteiger partial charge in [0.2, 0.25) is 0 Å². The molecule has 0 radical (unpaired) electrons. The van der Waals surface area contributed by atoms with Crippen molar-refractivity contribution in [1.82, 2.24) is 0 Å². The number of hydrogen-bond donors (Lipinski definition) is 0. The lowest BCUT2D eigenvalue weighted by Gasteiger charge is -2.00. The van der Waals surface area contributed by atoms with Crippen LogP contribution in [-0.4, -0.2) is 18.9 Å². The number of ketones is 1. The summed E-state index contributed by atoms with van der Waals surface area (Å²) in [6.45, 7) is 1.44. The molecule has 3 nitrogen and oxygen atoms in total. The number of azo groups is 1. The van der Waals surface area contributed by atoms with E-state index in [1.165, 1.54) is 38.5 Å². The zero-order chi connectivity index (χ0) is 11.5. The Morgan fingerprint density at radius 2 is 1.19 bits per heavy atom. The molecule has 1 heterocycles. The van der Waals surface area contributed by atoms with Crippen LogP contribution in [0.2, 0.25) is 0 Å². The van der Waals surface area contributed by atoms with Crippen molar-refractivity contribution in [2.24, 2.45) is 10.2 Å². The summed E-state index contributed by atoms with van der Waals surface area (Å²) in [7, 11) is 0. The van der Waals surface area contributed by atoms with E-state index in [2.05, 4.69) is 10.2 Å². The highest BCUT2D eigenvalue weighted by molar-refractivity contribution is 5.78. The minimum atomic E-state index is 0.355. The molecule has 0 aromatic heterocycles. The number of hydrogen-bond acceptors (Lipinski definition) is 3. The quantitative estimate of drug-likeness (QED) is 0.614. The van der Waals surface area contributed by atoms with Crippen molar-refractivity contribution in [3.8, 4) is 0 Å². The number of carbonyl (C=O) groups is 1. The van der Waals surface area contributed by atoms with Gasteiger partial charge < -0.3 is 0 Å². The molecule has 1 aliphatic heterocycles. The van der Waals surface area contributed by atoms with Crippen LogP contribution >= 0.6 is 0 Å². The van der Waals surface area contributed by atoms with Gasteiger partial charge >= 0.3 is 0 Å². The molecular formula is C13H24N2O. The van der Waals surface area contributed by atoms with E-state index in [9.17, 15) is 4.79 Å². The van der Waals surface area contributed by atoms with Crippen LogP contribution in [0.3, 0.4) is 0 Å². The summed E-state index contributed by atoms with van der Waals surface area (Å²) in [6.07, 6.45) is 11.3. The van der Waals surface area contributed by atoms with Crippen LogP contribution in [0.15, 0.2) is 10.2 Å². The van der Waals surface area contributed by atoms with E-state index in [-0.39, 0.29) is 0 Å². The normalized spacial score (nSPS) is 22.4. The van der Waals surface area contributed by atoms with Gasteiger partial charge in [-0.3, -0.25) is 4.79 Å². The third-order valence-electron chi connectivity index (χ3n) is 3.05. The summed E-state index contributed by atoms with van der Waals surface area (Å²) in [5.41, 5.74) is 0. The Morgan fingerprint density at radius 3 is 1.94 bits per heavy atom. The Balaban J connectivity index is 2.20. The molecule has 0 bridgehead atoms. The smallest absolute Gasteiger partial charge is 0.134 e. The molecule has 0 atom stereocenters. The predicted molar refractivity (Wildman–Crippen MR) is 65.8 cm³/mol. The second-order valence-corrected chi connectivity index (χ2v) is 4.60. The zero-order valence-corrected chi connectivity index (χ0v) is 10.3. The van der Waals surface area contributed by atoms with Gasteiger partial charge in [-0.15, -0.1) is 0 Å². The van der Waals surface area contributed by atoms with Crippen LogP contribution in [0.5, 0.6) is 0 Å². The molecular weight excluding hydrogens is 200 g/mol. The highest BCUT2D eigenvalue weighted by Gasteiger charge is 2.01. The molecule has 0 aliphatic carbocycles. The standard InChI is InChI=1S/C13H24N2O/c16-13-9-7-5-3-1-2-4-6-8-11-14-15-12-10-13/h1-12H2. The molecule has 0 aromatic carbocycles. The molecule has 0 unspecified atom stereocenters. The first kappa shape index (κ1) is 13.3. The third kappa shape index (κ3) is 7.55. The molecule has 0 spiro atoms. The highest BCUT2D eigenvalue weighted by atomic mass is 16.1. The van der Waals surface area contributed by atoms with Crippen molar-refractivity contribution in [2.75, 3.05) is 13.1 Å². The van der Waals surface area contributed by atoms with Gasteiger partial charge in [-0.25, -0.2) is 0 Å². The molecule has 3 heteroatoms. The number of carbonyl (C=O) groups excluding carboxylic acids is 1. The van der Waals surface area contributed by atoms with E-state index < -0.39 is 0 Å². The summed E-state index contributed by atoms with van der Waals surface area (Å²) in [6, 6.07) is 0. The second kappa shape index (κ2) is 9.49. The number of Topliss-reactive ketones (excluding diaryl/α,β-unsaturated/α-hetero) is 1. The monoisotopic (exact) mass is 224 g/mol. The van der Waals surface area contributed by atoms with Gasteiger partial charge in [-0.05, 0) is 12.8 Å². The van der Waals surface area contributed by atoms with E-state index in [4.69, 9.17) is 0 Å². The molecule has 1 rings (SSSR count). The fourth-order valence-corrected chi connectivity index (χ4v) is 2.01. The Bertz CT molecular complexity index is 214. The summed E-state index contributed by atoms with van der Waals surface area (Å²) < 4.78 is 0. The first-order valence-electron chi connectivity index (χ1n) is 6.74. The summed E-state index contributed by atoms with van der Waals surface area (Å²) in [5.74, 6) is 0.355. The Kier molecular flexibility index (Phi) is 7.91. The maximum atomic E-state index is 11.4. The molecule has 0 N–H and O–H groups in total. The highest BCUT2D eigenvalue weighted by Crippen LogP contribution is 2.11. The lowest BCUT2D eigenvalue weighted by Crippen LogP contribution is -1.99. The van der Waals surface area contributed by atoms with E-state index in [1.807, 2.05) is 0 Å². The van der Waals surface area contributed by atoms with Gasteiger partial charge in [0, 0.05) is 12.8 Å². The summed E-state index contributed by atoms with van der Waals surface area (Å²) in [4.78, 5) is 11.4. The van der Waals surface area contributed by atoms with Crippen molar-refractivity contribution in [3.63, 3.8) is 0 Å². The lowest BCUT2D eigenvalue weighted by molar-refractivity contribution is -0.119. The molecule has 0 amide bonds. The van der Waals surface area contributed by atoms with Gasteiger partial charge in [0.15, 0.2) is 0 Å². The Hall–Kier alpha value is -0.730. The molecule has 0 fully saturated rings. The average Bonchev–Trinajstić information content (AvgIpc) is 2.29. The van der Waals surface area contributed by atoms with E-state index in [0.717, 1.165) is 25.8 Å². The van der Waals surface area contributed by atoms with Crippen molar-refractivity contribution in [3.05, 3.63) is 0 Å². The van der Waals surface area contributed by atoms with Crippen LogP contribution in [0, 0.1) is 0 Å². The lowest BCUT2D eigenvalue weighted by atomic mass is 10.1. The van der Waals surface area contributed by atoms with Crippen LogP contribution in [0.4, 0.5) is 0 Å². The van der Waals surface area contributed by atoms with Gasteiger partial charge in [0.25, 0.3) is 0 Å². The molecule has 0 saturated heterocycles. The van der Waals surface area contributed by atoms with Gasteiger partial charge in [-0.1, -0.05) is 38.5 Å². The van der Waals surface area contributed by atoms with E-state index in [1.54, 1.807) is 0 Å². The fourth-order valence-electron chi connectivity index (χ4n) is 2.01. The van der Waals surface area contributed by atoms with E-state index in [0.29, 0.717) is 18.7 Å². The van der Waals surface area contributed by atoms with Gasteiger partial charge in [0.1, 0.15) is 5.78 Å². The minimum Gasteiger partial charge on any atom is -0.300 e. The predicted octanol–water partition coefficient (Wildman–Crippen LogP) is 3.92. The topological polar surface area (TPSA) is 41.8 Å². The van der Waals surface area contributed by atoms with Crippen molar-refractivity contribution < 1.29 is 4.79 Å². The maximum absolute atomic E-state index is 11.4. The van der Waals surface area contributed by atoms with Crippen molar-refractivity contribution >= 4 is 5.78 Å². The van der Waals surface area contributed by atoms with Gasteiger partial charge in [-0.2, -0.15) is 10.2 Å². The van der Waals surface area contributed by atoms with Crippen LogP contribution in [0.25, 0.3) is 0 Å². The molecule has 1 aliphatic rings. The maximum Gasteiger partial charge on any atom is 0.134 e. The van der Waals surface area contributed by atoms with Crippen molar-refractivity contribution in [1.29, 1.82) is 0 Å². The molecule has 0 saturated carbocycles. The van der Waals surface area contributed by atoms with Crippen molar-refractivity contribution in [2.45, 2.75) is 64.2 Å². The zero-order valence-electron chi connectivity index (χ0n) is 10.3. The molecule has 92 valence electrons. The van der Waals surface area contributed by atoms with Crippen LogP contribution in [0.1, 0.15) is 64.2 Å². The molecule has 0 aromatic rings. The molecule has 16 heavy (non-hydrogen) atoms. The SMILES string of the molecule is O=C1CCCCCCCCCCN=NCC1. The minimum absolute atomic E-state index is 0.355. The fraction of sp³-hybridized carbons (Fsp3) is 0.923. The van der Waals surface area contributed by atoms with Crippen LogP contribution < -0.4 is 0 Å². The van der Waals surface area contributed by atoms with Crippen LogP contribution in [-0.2, 0) is 4.79 Å². The Morgan fingerprint density at radius 1 is 0.625 bits per heavy atom. The number of nitrogens with zero attached hydrogens (tertiary/aromatic N) is 2. The average molecular weight is 224 g/mol. The summed E-state index contributed by atoms with van der Waals surface area (Å²) >= 11 is 0. The third-order valence-corrected chi connectivity index (χ3v) is 3.05. The second-order valence-electron chi connectivity index (χ2n) is 4.60. The number of rotatable bonds is 0. The summed E-state index contributed by atoms with van der Waals surface area (Å²) in [5, 5.41) is 8.13. The van der Waals surface area contributed by atoms with Gasteiger partial charge in [0.05, 0.1) is 13.1 Å². The first-order chi connectivity index (χ1) is 7.89. The van der Waals surface area contributed by atoms with E-state index >= 15 is 0 Å². The first-order valence-corrected chi connectivity index (χ1v) is 6.74. The Labute approximate surface area is 98.7 Å². The largest absolute Gasteiger partial charge is 0.300 e.